The molecule has 1 aromatic rings. The van der Waals surface area contributed by atoms with E-state index in [0.717, 1.165) is 19.4 Å². The van der Waals surface area contributed by atoms with Gasteiger partial charge in [-0.05, 0) is 12.8 Å². The van der Waals surface area contributed by atoms with Crippen molar-refractivity contribution >= 4 is 5.91 Å². The van der Waals surface area contributed by atoms with Crippen LogP contribution in [0, 0.1) is 5.92 Å². The highest BCUT2D eigenvalue weighted by atomic mass is 16.5. The summed E-state index contributed by atoms with van der Waals surface area (Å²) in [6, 6.07) is 0. The van der Waals surface area contributed by atoms with Crippen LogP contribution in [0.25, 0.3) is 0 Å². The summed E-state index contributed by atoms with van der Waals surface area (Å²) in [6.07, 6.45) is 3.59. The topological polar surface area (TPSA) is 79.9 Å². The number of aromatic nitrogens is 3. The van der Waals surface area contributed by atoms with Gasteiger partial charge in [-0.2, -0.15) is 5.10 Å². The first-order chi connectivity index (χ1) is 7.81. The SMILES string of the molecule is CCC1OCCC1CNC(=O)c1ncn[nH]1. The Kier molecular flexibility index (Phi) is 3.51. The Labute approximate surface area is 93.8 Å². The summed E-state index contributed by atoms with van der Waals surface area (Å²) in [5.74, 6) is 0.461. The van der Waals surface area contributed by atoms with Crippen molar-refractivity contribution in [3.63, 3.8) is 0 Å². The normalized spacial score (nSPS) is 24.6. The maximum absolute atomic E-state index is 11.6. The molecule has 1 saturated heterocycles. The molecule has 2 unspecified atom stereocenters. The van der Waals surface area contributed by atoms with E-state index in [2.05, 4.69) is 27.4 Å². The second-order valence-corrected chi connectivity index (χ2v) is 3.91. The number of nitrogens with zero attached hydrogens (tertiary/aromatic N) is 2. The minimum absolute atomic E-state index is 0.209. The molecule has 2 heterocycles. The third-order valence-corrected chi connectivity index (χ3v) is 2.90. The van der Waals surface area contributed by atoms with Crippen molar-refractivity contribution in [3.05, 3.63) is 12.2 Å². The highest BCUT2D eigenvalue weighted by molar-refractivity contribution is 5.90. The maximum Gasteiger partial charge on any atom is 0.288 e. The lowest BCUT2D eigenvalue weighted by Gasteiger charge is -2.16. The van der Waals surface area contributed by atoms with Crippen LogP contribution < -0.4 is 5.32 Å². The van der Waals surface area contributed by atoms with Gasteiger partial charge in [0.15, 0.2) is 0 Å². The fourth-order valence-electron chi connectivity index (χ4n) is 2.00. The van der Waals surface area contributed by atoms with E-state index in [1.54, 1.807) is 0 Å². The minimum atomic E-state index is -0.209. The standard InChI is InChI=1S/C10H16N4O2/c1-2-8-7(3-4-16-8)5-11-10(15)9-12-6-13-14-9/h6-8H,2-5H2,1H3,(H,11,15)(H,12,13,14). The number of hydrogen-bond donors (Lipinski definition) is 2. The lowest BCUT2D eigenvalue weighted by molar-refractivity contribution is 0.0823. The maximum atomic E-state index is 11.6. The number of amides is 1. The van der Waals surface area contributed by atoms with Crippen molar-refractivity contribution in [2.45, 2.75) is 25.9 Å². The number of H-pyrrole nitrogens is 1. The zero-order chi connectivity index (χ0) is 11.4. The molecule has 0 saturated carbocycles. The molecule has 6 nitrogen and oxygen atoms in total. The third kappa shape index (κ3) is 2.38. The Morgan fingerprint density at radius 3 is 3.31 bits per heavy atom. The molecule has 1 fully saturated rings. The van der Waals surface area contributed by atoms with E-state index in [9.17, 15) is 4.79 Å². The van der Waals surface area contributed by atoms with E-state index in [1.807, 2.05) is 0 Å². The van der Waals surface area contributed by atoms with E-state index in [1.165, 1.54) is 6.33 Å². The fourth-order valence-corrected chi connectivity index (χ4v) is 2.00. The van der Waals surface area contributed by atoms with Gasteiger partial charge in [-0.15, -0.1) is 0 Å². The molecule has 6 heteroatoms. The monoisotopic (exact) mass is 224 g/mol. The molecule has 0 aliphatic carbocycles. The zero-order valence-electron chi connectivity index (χ0n) is 9.27. The molecule has 1 aliphatic heterocycles. The Morgan fingerprint density at radius 1 is 1.75 bits per heavy atom. The van der Waals surface area contributed by atoms with Gasteiger partial charge in [0, 0.05) is 19.1 Å². The van der Waals surface area contributed by atoms with Crippen molar-refractivity contribution in [2.75, 3.05) is 13.2 Å². The van der Waals surface area contributed by atoms with Gasteiger partial charge >= 0.3 is 0 Å². The molecular weight excluding hydrogens is 208 g/mol. The first-order valence-electron chi connectivity index (χ1n) is 5.56. The van der Waals surface area contributed by atoms with Crippen LogP contribution in [0.1, 0.15) is 30.4 Å². The molecule has 0 spiro atoms. The summed E-state index contributed by atoms with van der Waals surface area (Å²) < 4.78 is 5.55. The van der Waals surface area contributed by atoms with Crippen LogP contribution in [0.5, 0.6) is 0 Å². The molecule has 16 heavy (non-hydrogen) atoms. The van der Waals surface area contributed by atoms with Gasteiger partial charge in [0.2, 0.25) is 5.82 Å². The number of rotatable bonds is 4. The van der Waals surface area contributed by atoms with Crippen LogP contribution in [0.15, 0.2) is 6.33 Å². The molecule has 2 N–H and O–H groups in total. The minimum Gasteiger partial charge on any atom is -0.378 e. The van der Waals surface area contributed by atoms with E-state index in [0.29, 0.717) is 12.5 Å². The molecule has 2 rings (SSSR count). The summed E-state index contributed by atoms with van der Waals surface area (Å²) in [4.78, 5) is 15.4. The second-order valence-electron chi connectivity index (χ2n) is 3.91. The Hall–Kier alpha value is -1.43. The molecule has 1 amide bonds. The van der Waals surface area contributed by atoms with Crippen LogP contribution in [0.2, 0.25) is 0 Å². The van der Waals surface area contributed by atoms with Gasteiger partial charge in [-0.25, -0.2) is 4.98 Å². The van der Waals surface area contributed by atoms with Gasteiger partial charge in [0.1, 0.15) is 6.33 Å². The van der Waals surface area contributed by atoms with Crippen LogP contribution >= 0.6 is 0 Å². The number of ether oxygens (including phenoxy) is 1. The number of nitrogens with one attached hydrogen (secondary N) is 2. The first-order valence-corrected chi connectivity index (χ1v) is 5.56. The summed E-state index contributed by atoms with van der Waals surface area (Å²) >= 11 is 0. The molecule has 88 valence electrons. The van der Waals surface area contributed by atoms with Gasteiger partial charge in [-0.3, -0.25) is 9.89 Å². The molecule has 0 radical (unpaired) electrons. The highest BCUT2D eigenvalue weighted by Gasteiger charge is 2.27. The Bertz CT molecular complexity index is 339. The number of carbonyl (C=O) groups excluding carboxylic acids is 1. The number of carbonyl (C=O) groups is 1. The quantitative estimate of drug-likeness (QED) is 0.773. The summed E-state index contributed by atoms with van der Waals surface area (Å²) in [7, 11) is 0. The Balaban J connectivity index is 1.81. The lowest BCUT2D eigenvalue weighted by atomic mass is 10.00. The zero-order valence-corrected chi connectivity index (χ0v) is 9.27. The van der Waals surface area contributed by atoms with E-state index < -0.39 is 0 Å². The summed E-state index contributed by atoms with van der Waals surface area (Å²) in [5, 5.41) is 9.00. The van der Waals surface area contributed by atoms with Crippen LogP contribution in [0.4, 0.5) is 0 Å². The highest BCUT2D eigenvalue weighted by Crippen LogP contribution is 2.22. The molecule has 2 atom stereocenters. The fraction of sp³-hybridized carbons (Fsp3) is 0.700. The predicted octanol–water partition coefficient (Wildman–Crippen LogP) is 0.350. The lowest BCUT2D eigenvalue weighted by Crippen LogP contribution is -2.33. The number of aromatic amines is 1. The van der Waals surface area contributed by atoms with Crippen molar-refractivity contribution in [1.82, 2.24) is 20.5 Å². The molecule has 0 aromatic carbocycles. The van der Waals surface area contributed by atoms with Crippen molar-refractivity contribution in [2.24, 2.45) is 5.92 Å². The van der Waals surface area contributed by atoms with Crippen molar-refractivity contribution < 1.29 is 9.53 Å². The van der Waals surface area contributed by atoms with Crippen LogP contribution in [-0.2, 0) is 4.74 Å². The third-order valence-electron chi connectivity index (χ3n) is 2.90. The molecule has 0 bridgehead atoms. The van der Waals surface area contributed by atoms with E-state index >= 15 is 0 Å². The summed E-state index contributed by atoms with van der Waals surface area (Å²) in [5.41, 5.74) is 0. The number of hydrogen-bond acceptors (Lipinski definition) is 4. The average molecular weight is 224 g/mol. The van der Waals surface area contributed by atoms with E-state index in [4.69, 9.17) is 4.74 Å². The van der Waals surface area contributed by atoms with Gasteiger partial charge in [0.05, 0.1) is 6.10 Å². The average Bonchev–Trinajstić information content (AvgIpc) is 2.96. The van der Waals surface area contributed by atoms with Crippen molar-refractivity contribution in [3.8, 4) is 0 Å². The van der Waals surface area contributed by atoms with E-state index in [-0.39, 0.29) is 17.8 Å². The van der Waals surface area contributed by atoms with Crippen LogP contribution in [0.3, 0.4) is 0 Å². The summed E-state index contributed by atoms with van der Waals surface area (Å²) in [6.45, 7) is 3.53. The second kappa shape index (κ2) is 5.07. The van der Waals surface area contributed by atoms with Gasteiger partial charge in [0.25, 0.3) is 5.91 Å². The van der Waals surface area contributed by atoms with Crippen LogP contribution in [-0.4, -0.2) is 40.3 Å². The molecular formula is C10H16N4O2. The van der Waals surface area contributed by atoms with Crippen molar-refractivity contribution in [1.29, 1.82) is 0 Å². The smallest absolute Gasteiger partial charge is 0.288 e. The van der Waals surface area contributed by atoms with Gasteiger partial charge in [-0.1, -0.05) is 6.92 Å². The molecule has 1 aliphatic rings. The molecule has 1 aromatic heterocycles. The first kappa shape index (κ1) is 11.1. The Morgan fingerprint density at radius 2 is 2.62 bits per heavy atom. The van der Waals surface area contributed by atoms with Gasteiger partial charge < -0.3 is 10.1 Å². The predicted molar refractivity (Wildman–Crippen MR) is 56.9 cm³/mol. The largest absolute Gasteiger partial charge is 0.378 e.